The van der Waals surface area contributed by atoms with Crippen LogP contribution < -0.4 is 10.5 Å². The van der Waals surface area contributed by atoms with E-state index in [2.05, 4.69) is 26.2 Å². The summed E-state index contributed by atoms with van der Waals surface area (Å²) in [6.07, 6.45) is 0. The van der Waals surface area contributed by atoms with Crippen LogP contribution in [0.2, 0.25) is 5.02 Å². The van der Waals surface area contributed by atoms with Gasteiger partial charge in [0.15, 0.2) is 5.84 Å². The van der Waals surface area contributed by atoms with Crippen molar-refractivity contribution in [3.8, 4) is 11.6 Å². The molecular formula is C12H12BrClN4O2. The molecule has 0 fully saturated rings. The van der Waals surface area contributed by atoms with E-state index in [0.717, 1.165) is 0 Å². The van der Waals surface area contributed by atoms with Gasteiger partial charge in [0.2, 0.25) is 5.88 Å². The van der Waals surface area contributed by atoms with E-state index in [-0.39, 0.29) is 5.84 Å². The highest BCUT2D eigenvalue weighted by Gasteiger charge is 2.20. The second-order valence-electron chi connectivity index (χ2n) is 4.05. The molecule has 0 saturated carbocycles. The van der Waals surface area contributed by atoms with Crippen LogP contribution in [0.5, 0.6) is 11.6 Å². The highest BCUT2D eigenvalue weighted by molar-refractivity contribution is 9.10. The average molecular weight is 360 g/mol. The van der Waals surface area contributed by atoms with Crippen molar-refractivity contribution >= 4 is 33.4 Å². The molecule has 1 aromatic carbocycles. The van der Waals surface area contributed by atoms with E-state index >= 15 is 0 Å². The van der Waals surface area contributed by atoms with Crippen LogP contribution in [0.1, 0.15) is 11.3 Å². The number of aromatic nitrogens is 2. The van der Waals surface area contributed by atoms with Gasteiger partial charge in [0.1, 0.15) is 11.3 Å². The Bertz CT molecular complexity index is 684. The minimum absolute atomic E-state index is 0.0596. The molecule has 0 bridgehead atoms. The second-order valence-corrected chi connectivity index (χ2v) is 5.34. The molecule has 8 heteroatoms. The number of rotatable bonds is 3. The fraction of sp³-hybridized carbons (Fsp3) is 0.167. The number of nitrogens with zero attached hydrogens (tertiary/aromatic N) is 3. The summed E-state index contributed by atoms with van der Waals surface area (Å²) in [6.45, 7) is 1.75. The van der Waals surface area contributed by atoms with E-state index in [9.17, 15) is 0 Å². The van der Waals surface area contributed by atoms with Gasteiger partial charge in [-0.25, -0.2) is 4.68 Å². The molecule has 20 heavy (non-hydrogen) atoms. The van der Waals surface area contributed by atoms with Crippen LogP contribution in [0, 0.1) is 6.92 Å². The lowest BCUT2D eigenvalue weighted by Crippen LogP contribution is -2.15. The predicted molar refractivity (Wildman–Crippen MR) is 79.7 cm³/mol. The van der Waals surface area contributed by atoms with E-state index in [1.165, 1.54) is 4.68 Å². The third-order valence-electron chi connectivity index (χ3n) is 2.63. The van der Waals surface area contributed by atoms with Gasteiger partial charge in [-0.1, -0.05) is 16.8 Å². The van der Waals surface area contributed by atoms with Crippen LogP contribution in [0.4, 0.5) is 0 Å². The van der Waals surface area contributed by atoms with Crippen LogP contribution in [0.3, 0.4) is 0 Å². The highest BCUT2D eigenvalue weighted by Crippen LogP contribution is 2.33. The summed E-state index contributed by atoms with van der Waals surface area (Å²) in [5.74, 6) is 0.862. The quantitative estimate of drug-likeness (QED) is 0.382. The zero-order chi connectivity index (χ0) is 14.9. The molecule has 0 spiro atoms. The number of aryl methyl sites for hydroxylation is 2. The monoisotopic (exact) mass is 358 g/mol. The third kappa shape index (κ3) is 2.73. The Morgan fingerprint density at radius 3 is 2.85 bits per heavy atom. The maximum atomic E-state index is 8.85. The predicted octanol–water partition coefficient (Wildman–Crippen LogP) is 3.03. The summed E-state index contributed by atoms with van der Waals surface area (Å²) in [5, 5.41) is 16.6. The molecule has 1 aromatic heterocycles. The summed E-state index contributed by atoms with van der Waals surface area (Å²) in [6, 6.07) is 5.13. The number of amidine groups is 1. The molecule has 0 atom stereocenters. The summed E-state index contributed by atoms with van der Waals surface area (Å²) >= 11 is 9.25. The zero-order valence-electron chi connectivity index (χ0n) is 10.8. The minimum Gasteiger partial charge on any atom is -0.437 e. The topological polar surface area (TPSA) is 85.7 Å². The first kappa shape index (κ1) is 14.7. The van der Waals surface area contributed by atoms with Gasteiger partial charge in [-0.2, -0.15) is 5.10 Å². The van der Waals surface area contributed by atoms with Gasteiger partial charge in [0.05, 0.1) is 10.2 Å². The van der Waals surface area contributed by atoms with Crippen molar-refractivity contribution in [2.75, 3.05) is 0 Å². The number of hydrogen-bond donors (Lipinski definition) is 2. The lowest BCUT2D eigenvalue weighted by Gasteiger charge is -2.10. The van der Waals surface area contributed by atoms with E-state index in [1.807, 2.05) is 0 Å². The Morgan fingerprint density at radius 2 is 2.25 bits per heavy atom. The van der Waals surface area contributed by atoms with E-state index in [0.29, 0.717) is 32.4 Å². The van der Waals surface area contributed by atoms with Gasteiger partial charge < -0.3 is 15.7 Å². The lowest BCUT2D eigenvalue weighted by molar-refractivity contribution is 0.318. The molecule has 1 heterocycles. The van der Waals surface area contributed by atoms with Gasteiger partial charge in [-0.3, -0.25) is 0 Å². The number of oxime groups is 1. The molecule has 0 aliphatic rings. The molecule has 0 radical (unpaired) electrons. The number of halogens is 2. The Labute approximate surface area is 128 Å². The molecule has 3 N–H and O–H groups in total. The number of benzene rings is 1. The molecule has 2 aromatic rings. The molecule has 0 aliphatic carbocycles. The number of nitrogens with two attached hydrogens (primary N) is 1. The Kier molecular flexibility index (Phi) is 4.20. The smallest absolute Gasteiger partial charge is 0.229 e. The Hall–Kier alpha value is -1.73. The van der Waals surface area contributed by atoms with E-state index in [4.69, 9.17) is 27.3 Å². The second kappa shape index (κ2) is 5.72. The molecule has 0 saturated heterocycles. The highest BCUT2D eigenvalue weighted by atomic mass is 79.9. The first-order valence-electron chi connectivity index (χ1n) is 5.58. The molecule has 0 unspecified atom stereocenters. The van der Waals surface area contributed by atoms with Crippen LogP contribution in [0.15, 0.2) is 27.8 Å². The van der Waals surface area contributed by atoms with Crippen molar-refractivity contribution in [3.63, 3.8) is 0 Å². The normalized spacial score (nSPS) is 11.7. The molecule has 106 valence electrons. The van der Waals surface area contributed by atoms with Gasteiger partial charge in [-0.15, -0.1) is 0 Å². The van der Waals surface area contributed by atoms with E-state index < -0.39 is 0 Å². The van der Waals surface area contributed by atoms with Gasteiger partial charge in [0.25, 0.3) is 0 Å². The maximum absolute atomic E-state index is 8.85. The van der Waals surface area contributed by atoms with Gasteiger partial charge in [0, 0.05) is 12.1 Å². The van der Waals surface area contributed by atoms with Gasteiger partial charge in [-0.05, 0) is 41.1 Å². The summed E-state index contributed by atoms with van der Waals surface area (Å²) in [4.78, 5) is 0. The third-order valence-corrected chi connectivity index (χ3v) is 3.49. The lowest BCUT2D eigenvalue weighted by atomic mass is 10.2. The van der Waals surface area contributed by atoms with Crippen molar-refractivity contribution in [1.82, 2.24) is 9.78 Å². The molecule has 6 nitrogen and oxygen atoms in total. The SMILES string of the molecule is Cc1nn(C)c(Oc2ccc(Cl)cc2Br)c1C(N)=NO. The van der Waals surface area contributed by atoms with Crippen LogP contribution in [0.25, 0.3) is 0 Å². The summed E-state index contributed by atoms with van der Waals surface area (Å²) < 4.78 is 8.00. The molecule has 0 aliphatic heterocycles. The van der Waals surface area contributed by atoms with Gasteiger partial charge >= 0.3 is 0 Å². The average Bonchev–Trinajstić information content (AvgIpc) is 2.66. The fourth-order valence-electron chi connectivity index (χ4n) is 1.76. The van der Waals surface area contributed by atoms with Crippen molar-refractivity contribution in [1.29, 1.82) is 0 Å². The van der Waals surface area contributed by atoms with Crippen molar-refractivity contribution in [3.05, 3.63) is 39.0 Å². The number of hydrogen-bond acceptors (Lipinski definition) is 4. The van der Waals surface area contributed by atoms with Crippen molar-refractivity contribution < 1.29 is 9.94 Å². The summed E-state index contributed by atoms with van der Waals surface area (Å²) in [7, 11) is 1.71. The molecule has 2 rings (SSSR count). The minimum atomic E-state index is -0.0596. The first-order valence-corrected chi connectivity index (χ1v) is 6.75. The largest absolute Gasteiger partial charge is 0.437 e. The van der Waals surface area contributed by atoms with Crippen molar-refractivity contribution in [2.45, 2.75) is 6.92 Å². The fourth-order valence-corrected chi connectivity index (χ4v) is 2.52. The first-order chi connectivity index (χ1) is 9.43. The maximum Gasteiger partial charge on any atom is 0.229 e. The molecule has 0 amide bonds. The zero-order valence-corrected chi connectivity index (χ0v) is 13.1. The molecular weight excluding hydrogens is 348 g/mol. The van der Waals surface area contributed by atoms with Crippen LogP contribution in [-0.4, -0.2) is 20.8 Å². The van der Waals surface area contributed by atoms with Crippen LogP contribution >= 0.6 is 27.5 Å². The summed E-state index contributed by atoms with van der Waals surface area (Å²) in [5.41, 5.74) is 6.70. The van der Waals surface area contributed by atoms with Crippen LogP contribution in [-0.2, 0) is 7.05 Å². The van der Waals surface area contributed by atoms with Crippen molar-refractivity contribution in [2.24, 2.45) is 17.9 Å². The Morgan fingerprint density at radius 1 is 1.55 bits per heavy atom. The van der Waals surface area contributed by atoms with E-state index in [1.54, 1.807) is 32.2 Å². The number of ether oxygens (including phenoxy) is 1. The standard InChI is InChI=1S/C12H12BrClN4O2/c1-6-10(11(15)17-19)12(18(2)16-6)20-9-4-3-7(14)5-8(9)13/h3-5,19H,1-2H3,(H2,15,17). The Balaban J connectivity index is 2.48.